The van der Waals surface area contributed by atoms with E-state index in [0.717, 1.165) is 16.6 Å². The lowest BCUT2D eigenvalue weighted by Crippen LogP contribution is -2.41. The van der Waals surface area contributed by atoms with Crippen LogP contribution in [-0.2, 0) is 30.1 Å². The van der Waals surface area contributed by atoms with E-state index >= 15 is 0 Å². The van der Waals surface area contributed by atoms with Crippen molar-refractivity contribution in [2.45, 2.75) is 105 Å². The number of aliphatic imine (C=N–C) groups is 1. The number of fused-ring (bicyclic) bond motifs is 1. The zero-order chi connectivity index (χ0) is 29.4. The molecule has 216 valence electrons. The summed E-state index contributed by atoms with van der Waals surface area (Å²) in [5, 5.41) is 3.09. The number of ether oxygens (including phenoxy) is 2. The fourth-order valence-electron chi connectivity index (χ4n) is 4.32. The van der Waals surface area contributed by atoms with Gasteiger partial charge in [-0.1, -0.05) is 39.0 Å². The normalized spacial score (nSPS) is 21.2. The van der Waals surface area contributed by atoms with E-state index < -0.39 is 35.9 Å². The third-order valence-electron chi connectivity index (χ3n) is 7.11. The number of carbonyl (C=O) groups excluding carboxylic acids is 2. The molecule has 0 radical (unpaired) electrons. The van der Waals surface area contributed by atoms with Crippen molar-refractivity contribution in [3.8, 4) is 0 Å². The van der Waals surface area contributed by atoms with Crippen LogP contribution in [-0.4, -0.2) is 66.9 Å². The van der Waals surface area contributed by atoms with Gasteiger partial charge in [-0.2, -0.15) is 0 Å². The Kier molecular flexibility index (Phi) is 8.83. The van der Waals surface area contributed by atoms with Gasteiger partial charge in [-0.25, -0.2) is 4.79 Å². The summed E-state index contributed by atoms with van der Waals surface area (Å²) in [5.41, 5.74) is 0.957. The van der Waals surface area contributed by atoms with Crippen molar-refractivity contribution in [1.82, 2.24) is 10.2 Å². The summed E-state index contributed by atoms with van der Waals surface area (Å²) in [6, 6.07) is 5.60. The standard InChI is InChI=1S/C29H46BN3O6/c1-26(2,3)18-36-24(31-11)23(34)32-22-14-15-33(25(35)37-27(4,5)6)17-19-16-20(12-13-21(19)22)30-38-28(7,8)29(9,10)39-30/h12-13,16,22H,14-15,17-18H2,1-11H3,(H,32,34)/b31-24-/t22-/m1/s1. The van der Waals surface area contributed by atoms with Crippen LogP contribution in [0.4, 0.5) is 4.79 Å². The first-order valence-electron chi connectivity index (χ1n) is 13.7. The summed E-state index contributed by atoms with van der Waals surface area (Å²) < 4.78 is 24.0. The van der Waals surface area contributed by atoms with Crippen LogP contribution < -0.4 is 10.8 Å². The number of amides is 2. The Morgan fingerprint density at radius 2 is 1.72 bits per heavy atom. The smallest absolute Gasteiger partial charge is 0.473 e. The Bertz CT molecular complexity index is 1090. The molecule has 0 aliphatic carbocycles. The molecule has 0 aromatic heterocycles. The summed E-state index contributed by atoms with van der Waals surface area (Å²) in [7, 11) is 0.996. The highest BCUT2D eigenvalue weighted by molar-refractivity contribution is 6.62. The molecule has 2 aliphatic rings. The molecule has 2 heterocycles. The topological polar surface area (TPSA) is 98.7 Å². The van der Waals surface area contributed by atoms with Crippen molar-refractivity contribution in [2.75, 3.05) is 20.2 Å². The highest BCUT2D eigenvalue weighted by atomic mass is 16.7. The summed E-state index contributed by atoms with van der Waals surface area (Å²) in [4.78, 5) is 32.0. The predicted molar refractivity (Wildman–Crippen MR) is 153 cm³/mol. The van der Waals surface area contributed by atoms with Crippen LogP contribution in [0.3, 0.4) is 0 Å². The number of nitrogens with zero attached hydrogens (tertiary/aromatic N) is 2. The molecule has 0 bridgehead atoms. The second-order valence-corrected chi connectivity index (χ2v) is 13.6. The van der Waals surface area contributed by atoms with Gasteiger partial charge in [-0.05, 0) is 76.9 Å². The molecule has 1 atom stereocenters. The summed E-state index contributed by atoms with van der Waals surface area (Å²) in [6.45, 7) is 20.8. The second-order valence-electron chi connectivity index (χ2n) is 13.6. The number of hydrogen-bond acceptors (Lipinski definition) is 7. The summed E-state index contributed by atoms with van der Waals surface area (Å²) in [6.07, 6.45) is 0.107. The van der Waals surface area contributed by atoms with Crippen LogP contribution in [0.15, 0.2) is 23.2 Å². The molecule has 1 aromatic carbocycles. The van der Waals surface area contributed by atoms with Gasteiger partial charge >= 0.3 is 19.1 Å². The third-order valence-corrected chi connectivity index (χ3v) is 7.11. The van der Waals surface area contributed by atoms with E-state index in [-0.39, 0.29) is 17.4 Å². The zero-order valence-corrected chi connectivity index (χ0v) is 25.6. The average molecular weight is 544 g/mol. The quantitative estimate of drug-likeness (QED) is 0.345. The number of carbonyl (C=O) groups is 2. The minimum Gasteiger partial charge on any atom is -0.473 e. The molecular formula is C29H46BN3O6. The lowest BCUT2D eigenvalue weighted by molar-refractivity contribution is -0.117. The second kappa shape index (κ2) is 11.1. The lowest BCUT2D eigenvalue weighted by Gasteiger charge is -2.32. The van der Waals surface area contributed by atoms with Crippen LogP contribution in [0.25, 0.3) is 0 Å². The van der Waals surface area contributed by atoms with E-state index in [0.29, 0.717) is 26.1 Å². The van der Waals surface area contributed by atoms with Crippen LogP contribution in [0, 0.1) is 5.41 Å². The van der Waals surface area contributed by atoms with Crippen molar-refractivity contribution in [2.24, 2.45) is 10.4 Å². The van der Waals surface area contributed by atoms with E-state index in [1.165, 1.54) is 0 Å². The molecule has 1 N–H and O–H groups in total. The van der Waals surface area contributed by atoms with E-state index in [1.807, 2.05) is 87.4 Å². The molecule has 3 rings (SSSR count). The molecule has 0 spiro atoms. The van der Waals surface area contributed by atoms with Crippen molar-refractivity contribution < 1.29 is 28.4 Å². The Hall–Kier alpha value is -2.59. The van der Waals surface area contributed by atoms with Gasteiger partial charge in [0.05, 0.1) is 23.9 Å². The molecule has 1 fully saturated rings. The maximum atomic E-state index is 13.2. The monoisotopic (exact) mass is 543 g/mol. The maximum absolute atomic E-state index is 13.2. The molecular weight excluding hydrogens is 497 g/mol. The Morgan fingerprint density at radius 1 is 1.10 bits per heavy atom. The zero-order valence-electron chi connectivity index (χ0n) is 25.6. The SMILES string of the molecule is C/N=C(\OCC(C)(C)C)C(=O)N[C@@H]1CCN(C(=O)OC(C)(C)C)Cc2cc(B3OC(C)(C)C(C)(C)O3)ccc21. The summed E-state index contributed by atoms with van der Waals surface area (Å²) >= 11 is 0. The fraction of sp³-hybridized carbons (Fsp3) is 0.690. The van der Waals surface area contributed by atoms with E-state index in [4.69, 9.17) is 18.8 Å². The average Bonchev–Trinajstić information content (AvgIpc) is 2.90. The summed E-state index contributed by atoms with van der Waals surface area (Å²) in [5.74, 6) is -0.355. The fourth-order valence-corrected chi connectivity index (χ4v) is 4.32. The number of rotatable bonds is 3. The van der Waals surface area contributed by atoms with Gasteiger partial charge in [0.1, 0.15) is 5.60 Å². The van der Waals surface area contributed by atoms with Crippen LogP contribution in [0.1, 0.15) is 92.8 Å². The Morgan fingerprint density at radius 3 is 2.26 bits per heavy atom. The van der Waals surface area contributed by atoms with E-state index in [1.54, 1.807) is 11.9 Å². The van der Waals surface area contributed by atoms with Gasteiger partial charge in [0.15, 0.2) is 0 Å². The Balaban J connectivity index is 1.91. The molecule has 2 aliphatic heterocycles. The first kappa shape index (κ1) is 30.9. The van der Waals surface area contributed by atoms with Gasteiger partial charge in [-0.3, -0.25) is 9.79 Å². The van der Waals surface area contributed by atoms with Crippen molar-refractivity contribution >= 4 is 30.5 Å². The highest BCUT2D eigenvalue weighted by Gasteiger charge is 2.51. The molecule has 0 saturated carbocycles. The predicted octanol–water partition coefficient (Wildman–Crippen LogP) is 4.37. The lowest BCUT2D eigenvalue weighted by atomic mass is 9.77. The third kappa shape index (κ3) is 7.75. The molecule has 0 unspecified atom stereocenters. The van der Waals surface area contributed by atoms with Gasteiger partial charge < -0.3 is 29.0 Å². The van der Waals surface area contributed by atoms with Gasteiger partial charge in [-0.15, -0.1) is 0 Å². The number of benzene rings is 1. The minimum absolute atomic E-state index is 0.0357. The Labute approximate surface area is 234 Å². The largest absolute Gasteiger partial charge is 0.494 e. The maximum Gasteiger partial charge on any atom is 0.494 e. The first-order chi connectivity index (χ1) is 17.8. The molecule has 10 heteroatoms. The first-order valence-corrected chi connectivity index (χ1v) is 13.7. The van der Waals surface area contributed by atoms with Gasteiger partial charge in [0, 0.05) is 20.1 Å². The number of hydrogen-bond donors (Lipinski definition) is 1. The number of nitrogens with one attached hydrogen (secondary N) is 1. The van der Waals surface area contributed by atoms with Crippen molar-refractivity contribution in [1.29, 1.82) is 0 Å². The van der Waals surface area contributed by atoms with E-state index in [9.17, 15) is 9.59 Å². The van der Waals surface area contributed by atoms with E-state index in [2.05, 4.69) is 10.3 Å². The van der Waals surface area contributed by atoms with Crippen LogP contribution in [0.5, 0.6) is 0 Å². The van der Waals surface area contributed by atoms with Crippen LogP contribution >= 0.6 is 0 Å². The molecule has 1 saturated heterocycles. The van der Waals surface area contributed by atoms with Crippen LogP contribution in [0.2, 0.25) is 0 Å². The minimum atomic E-state index is -0.624. The molecule has 1 aromatic rings. The molecule has 39 heavy (non-hydrogen) atoms. The molecule has 2 amide bonds. The van der Waals surface area contributed by atoms with Gasteiger partial charge in [0.25, 0.3) is 5.90 Å². The van der Waals surface area contributed by atoms with Gasteiger partial charge in [0.2, 0.25) is 0 Å². The van der Waals surface area contributed by atoms with Crippen molar-refractivity contribution in [3.05, 3.63) is 29.3 Å². The molecule has 9 nitrogen and oxygen atoms in total. The highest BCUT2D eigenvalue weighted by Crippen LogP contribution is 2.37. The van der Waals surface area contributed by atoms with Crippen molar-refractivity contribution in [3.63, 3.8) is 0 Å².